The Bertz CT molecular complexity index is 720. The van der Waals surface area contributed by atoms with Gasteiger partial charge in [-0.05, 0) is 42.5 Å². The molecule has 0 bridgehead atoms. The van der Waals surface area contributed by atoms with Crippen molar-refractivity contribution in [1.82, 2.24) is 0 Å². The van der Waals surface area contributed by atoms with Crippen molar-refractivity contribution >= 4 is 50.7 Å². The number of amides is 2. The molecule has 5 nitrogen and oxygen atoms in total. The van der Waals surface area contributed by atoms with Gasteiger partial charge in [-0.15, -0.1) is 0 Å². The van der Waals surface area contributed by atoms with Crippen LogP contribution in [0.1, 0.15) is 10.4 Å². The van der Waals surface area contributed by atoms with Crippen LogP contribution in [0.15, 0.2) is 46.9 Å². The highest BCUT2D eigenvalue weighted by Gasteiger charge is 2.11. The third-order valence-electron chi connectivity index (χ3n) is 2.88. The maximum Gasteiger partial charge on any atom is 0.257 e. The molecule has 7 heteroatoms. The number of halogens is 2. The molecule has 2 rings (SSSR count). The molecule has 0 atom stereocenters. The predicted molar refractivity (Wildman–Crippen MR) is 94.1 cm³/mol. The van der Waals surface area contributed by atoms with E-state index in [1.54, 1.807) is 42.5 Å². The van der Waals surface area contributed by atoms with Crippen LogP contribution in [0.5, 0.6) is 0 Å². The van der Waals surface area contributed by atoms with Gasteiger partial charge in [0.15, 0.2) is 0 Å². The van der Waals surface area contributed by atoms with Gasteiger partial charge in [-0.1, -0.05) is 27.5 Å². The van der Waals surface area contributed by atoms with Gasteiger partial charge in [0.25, 0.3) is 5.91 Å². The first kappa shape index (κ1) is 17.5. The smallest absolute Gasteiger partial charge is 0.257 e. The summed E-state index contributed by atoms with van der Waals surface area (Å²) in [5, 5.41) is 5.78. The topological polar surface area (TPSA) is 67.4 Å². The predicted octanol–water partition coefficient (Wildman–Crippen LogP) is 3.94. The Labute approximate surface area is 147 Å². The number of rotatable bonds is 5. The summed E-state index contributed by atoms with van der Waals surface area (Å²) in [7, 11) is 1.45. The number of benzene rings is 2. The average Bonchev–Trinajstić information content (AvgIpc) is 2.49. The molecule has 0 unspecified atom stereocenters. The lowest BCUT2D eigenvalue weighted by molar-refractivity contribution is -0.119. The highest BCUT2D eigenvalue weighted by atomic mass is 79.9. The summed E-state index contributed by atoms with van der Waals surface area (Å²) < 4.78 is 5.54. The summed E-state index contributed by atoms with van der Waals surface area (Å²) in [6, 6.07) is 11.8. The monoisotopic (exact) mass is 396 g/mol. The average molecular weight is 398 g/mol. The van der Waals surface area contributed by atoms with Gasteiger partial charge < -0.3 is 15.4 Å². The molecule has 0 saturated heterocycles. The highest BCUT2D eigenvalue weighted by molar-refractivity contribution is 9.10. The van der Waals surface area contributed by atoms with Crippen LogP contribution in [0.4, 0.5) is 11.4 Å². The summed E-state index contributed by atoms with van der Waals surface area (Å²) in [4.78, 5) is 23.6. The second-order valence-corrected chi connectivity index (χ2v) is 5.96. The van der Waals surface area contributed by atoms with E-state index in [4.69, 9.17) is 16.3 Å². The van der Waals surface area contributed by atoms with Gasteiger partial charge in [0.05, 0.1) is 10.6 Å². The summed E-state index contributed by atoms with van der Waals surface area (Å²) in [5.41, 5.74) is 1.60. The van der Waals surface area contributed by atoms with Crippen LogP contribution in [0.3, 0.4) is 0 Å². The maximum absolute atomic E-state index is 12.2. The number of anilines is 2. The largest absolute Gasteiger partial charge is 0.375 e. The van der Waals surface area contributed by atoms with E-state index in [0.29, 0.717) is 22.0 Å². The standard InChI is InChI=1S/C16H14BrClN2O3/c1-23-9-15(21)19-11-3-5-12(6-4-11)20-16(22)13-7-2-10(17)8-14(13)18/h2-8H,9H2,1H3,(H,19,21)(H,20,22). The van der Waals surface area contributed by atoms with Gasteiger partial charge in [0.2, 0.25) is 5.91 Å². The van der Waals surface area contributed by atoms with E-state index < -0.39 is 0 Å². The van der Waals surface area contributed by atoms with Crippen molar-refractivity contribution in [2.75, 3.05) is 24.4 Å². The molecule has 0 aliphatic heterocycles. The zero-order chi connectivity index (χ0) is 16.8. The minimum atomic E-state index is -0.307. The zero-order valence-electron chi connectivity index (χ0n) is 12.2. The minimum Gasteiger partial charge on any atom is -0.375 e. The molecule has 120 valence electrons. The van der Waals surface area contributed by atoms with Crippen molar-refractivity contribution in [2.45, 2.75) is 0 Å². The molecule has 0 aliphatic carbocycles. The number of hydrogen-bond donors (Lipinski definition) is 2. The molecule has 2 aromatic rings. The van der Waals surface area contributed by atoms with Crippen molar-refractivity contribution in [2.24, 2.45) is 0 Å². The van der Waals surface area contributed by atoms with E-state index in [1.165, 1.54) is 7.11 Å². The van der Waals surface area contributed by atoms with E-state index in [1.807, 2.05) is 0 Å². The van der Waals surface area contributed by atoms with Gasteiger partial charge in [0.1, 0.15) is 6.61 Å². The number of carbonyl (C=O) groups excluding carboxylic acids is 2. The van der Waals surface area contributed by atoms with Crippen molar-refractivity contribution in [3.63, 3.8) is 0 Å². The normalized spacial score (nSPS) is 10.2. The van der Waals surface area contributed by atoms with Crippen molar-refractivity contribution in [3.05, 3.63) is 57.5 Å². The Morgan fingerprint density at radius 1 is 1.09 bits per heavy atom. The third kappa shape index (κ3) is 5.06. The third-order valence-corrected chi connectivity index (χ3v) is 3.68. The SMILES string of the molecule is COCC(=O)Nc1ccc(NC(=O)c2ccc(Br)cc2Cl)cc1. The van der Waals surface area contributed by atoms with Gasteiger partial charge in [-0.3, -0.25) is 9.59 Å². The maximum atomic E-state index is 12.2. The fourth-order valence-corrected chi connectivity index (χ4v) is 2.60. The highest BCUT2D eigenvalue weighted by Crippen LogP contribution is 2.22. The Hall–Kier alpha value is -1.89. The Morgan fingerprint density at radius 3 is 2.26 bits per heavy atom. The van der Waals surface area contributed by atoms with E-state index in [-0.39, 0.29) is 18.4 Å². The quantitative estimate of drug-likeness (QED) is 0.803. The first-order valence-electron chi connectivity index (χ1n) is 6.65. The second-order valence-electron chi connectivity index (χ2n) is 4.64. The first-order valence-corrected chi connectivity index (χ1v) is 7.82. The van der Waals surface area contributed by atoms with Crippen LogP contribution in [-0.4, -0.2) is 25.5 Å². The number of ether oxygens (including phenoxy) is 1. The van der Waals surface area contributed by atoms with Crippen LogP contribution in [-0.2, 0) is 9.53 Å². The minimum absolute atomic E-state index is 0.0133. The molecule has 2 aromatic carbocycles. The second kappa shape index (κ2) is 8.10. The molecule has 0 fully saturated rings. The molecular formula is C16H14BrClN2O3. The fraction of sp³-hybridized carbons (Fsp3) is 0.125. The molecule has 0 heterocycles. The number of carbonyl (C=O) groups is 2. The van der Waals surface area contributed by atoms with Crippen LogP contribution in [0, 0.1) is 0 Å². The molecule has 0 saturated carbocycles. The molecule has 0 spiro atoms. The molecular weight excluding hydrogens is 384 g/mol. The Kier molecular flexibility index (Phi) is 6.15. The lowest BCUT2D eigenvalue weighted by Crippen LogP contribution is -2.17. The fourth-order valence-electron chi connectivity index (χ4n) is 1.84. The van der Waals surface area contributed by atoms with Crippen molar-refractivity contribution in [1.29, 1.82) is 0 Å². The van der Waals surface area contributed by atoms with E-state index >= 15 is 0 Å². The molecule has 0 radical (unpaired) electrons. The lowest BCUT2D eigenvalue weighted by Gasteiger charge is -2.09. The van der Waals surface area contributed by atoms with Gasteiger partial charge in [-0.2, -0.15) is 0 Å². The number of methoxy groups -OCH3 is 1. The molecule has 2 amide bonds. The van der Waals surface area contributed by atoms with Crippen LogP contribution >= 0.6 is 27.5 Å². The van der Waals surface area contributed by atoms with Gasteiger partial charge >= 0.3 is 0 Å². The summed E-state index contributed by atoms with van der Waals surface area (Å²) >= 11 is 9.34. The number of hydrogen-bond acceptors (Lipinski definition) is 3. The Morgan fingerprint density at radius 2 is 1.70 bits per heavy atom. The van der Waals surface area contributed by atoms with E-state index in [0.717, 1.165) is 4.47 Å². The molecule has 2 N–H and O–H groups in total. The summed E-state index contributed by atoms with van der Waals surface area (Å²) in [6.07, 6.45) is 0. The van der Waals surface area contributed by atoms with Crippen molar-refractivity contribution in [3.8, 4) is 0 Å². The zero-order valence-corrected chi connectivity index (χ0v) is 14.6. The molecule has 23 heavy (non-hydrogen) atoms. The molecule has 0 aliphatic rings. The summed E-state index contributed by atoms with van der Waals surface area (Å²) in [5.74, 6) is -0.551. The lowest BCUT2D eigenvalue weighted by atomic mass is 10.2. The first-order chi connectivity index (χ1) is 11.0. The van der Waals surface area contributed by atoms with Gasteiger partial charge in [0, 0.05) is 23.0 Å². The van der Waals surface area contributed by atoms with E-state index in [2.05, 4.69) is 26.6 Å². The van der Waals surface area contributed by atoms with Crippen LogP contribution < -0.4 is 10.6 Å². The Balaban J connectivity index is 2.03. The van der Waals surface area contributed by atoms with E-state index in [9.17, 15) is 9.59 Å². The van der Waals surface area contributed by atoms with Crippen LogP contribution in [0.25, 0.3) is 0 Å². The number of nitrogens with one attached hydrogen (secondary N) is 2. The summed E-state index contributed by atoms with van der Waals surface area (Å²) in [6.45, 7) is -0.0133. The molecule has 0 aromatic heterocycles. The van der Waals surface area contributed by atoms with Gasteiger partial charge in [-0.25, -0.2) is 0 Å². The van der Waals surface area contributed by atoms with Crippen molar-refractivity contribution < 1.29 is 14.3 Å². The van der Waals surface area contributed by atoms with Crippen LogP contribution in [0.2, 0.25) is 5.02 Å².